The minimum Gasteiger partial charge on any atom is -0.212 e. The van der Waals surface area contributed by atoms with Crippen LogP contribution in [0.5, 0.6) is 0 Å². The average Bonchev–Trinajstić information content (AvgIpc) is 3.05. The summed E-state index contributed by atoms with van der Waals surface area (Å²) in [6, 6.07) is 9.92. The number of rotatable bonds is 3. The van der Waals surface area contributed by atoms with Crippen molar-refractivity contribution in [1.82, 2.24) is 4.31 Å². The van der Waals surface area contributed by atoms with Crippen molar-refractivity contribution in [2.75, 3.05) is 6.54 Å². The largest absolute Gasteiger partial charge is 0.219 e. The van der Waals surface area contributed by atoms with Gasteiger partial charge in [-0.25, -0.2) is 8.42 Å². The lowest BCUT2D eigenvalue weighted by Gasteiger charge is -2.24. The van der Waals surface area contributed by atoms with Gasteiger partial charge in [0.05, 0.1) is 10.3 Å². The topological polar surface area (TPSA) is 37.1 Å². The summed E-state index contributed by atoms with van der Waals surface area (Å²) in [5.41, 5.74) is 0.785. The van der Waals surface area contributed by atoms with Gasteiger partial charge in [-0.15, -0.1) is 0 Å². The first kappa shape index (κ1) is 13.6. The van der Waals surface area contributed by atoms with Gasteiger partial charge in [0.15, 0.2) is 0 Å². The summed E-state index contributed by atoms with van der Waals surface area (Å²) in [5, 5.41) is 0. The Hall–Kier alpha value is -0.870. The zero-order valence-electron chi connectivity index (χ0n) is 11.5. The van der Waals surface area contributed by atoms with Crippen molar-refractivity contribution in [2.45, 2.75) is 44.4 Å². The monoisotopic (exact) mass is 267 g/mol. The zero-order valence-corrected chi connectivity index (χ0v) is 12.3. The lowest BCUT2D eigenvalue weighted by atomic mass is 9.97. The fraction of sp³-hybridized carbons (Fsp3) is 0.571. The van der Waals surface area contributed by atoms with E-state index in [1.54, 1.807) is 25.1 Å². The van der Waals surface area contributed by atoms with Crippen molar-refractivity contribution in [3.63, 3.8) is 0 Å². The van der Waals surface area contributed by atoms with Gasteiger partial charge in [0.1, 0.15) is 0 Å². The molecule has 1 aliphatic rings. The molecule has 1 unspecified atom stereocenters. The molecule has 0 spiro atoms. The molecule has 1 heterocycles. The van der Waals surface area contributed by atoms with Gasteiger partial charge in [-0.05, 0) is 32.8 Å². The fourth-order valence-corrected chi connectivity index (χ4v) is 4.06. The normalized spacial score (nSPS) is 28.1. The molecule has 0 N–H and O–H groups in total. The molecule has 0 aliphatic carbocycles. The lowest BCUT2D eigenvalue weighted by molar-refractivity contribution is 0.472. The van der Waals surface area contributed by atoms with Gasteiger partial charge in [-0.1, -0.05) is 37.3 Å². The molecule has 2 atom stereocenters. The Morgan fingerprint density at radius 1 is 1.22 bits per heavy atom. The summed E-state index contributed by atoms with van der Waals surface area (Å²) in [5.74, 6) is 0. The van der Waals surface area contributed by atoms with Crippen LogP contribution in [0.1, 0.15) is 39.7 Å². The number of hydrogen-bond donors (Lipinski definition) is 0. The van der Waals surface area contributed by atoms with Crippen LogP contribution in [-0.2, 0) is 15.6 Å². The molecule has 0 saturated carbocycles. The maximum Gasteiger partial charge on any atom is 0.219 e. The minimum absolute atomic E-state index is 0.312. The molecule has 2 rings (SSSR count). The molecule has 100 valence electrons. The Bertz CT molecular complexity index is 531. The van der Waals surface area contributed by atoms with E-state index in [-0.39, 0.29) is 5.54 Å². The van der Waals surface area contributed by atoms with Gasteiger partial charge in [0.25, 0.3) is 0 Å². The van der Waals surface area contributed by atoms with Crippen LogP contribution in [0.3, 0.4) is 0 Å². The molecule has 1 fully saturated rings. The van der Waals surface area contributed by atoms with E-state index in [9.17, 15) is 8.42 Å². The highest BCUT2D eigenvalue weighted by Crippen LogP contribution is 2.49. The first-order valence-electron chi connectivity index (χ1n) is 6.33. The van der Waals surface area contributed by atoms with E-state index >= 15 is 0 Å². The molecular formula is C14H21NO2S. The first-order valence-corrected chi connectivity index (χ1v) is 7.77. The molecule has 0 bridgehead atoms. The van der Waals surface area contributed by atoms with E-state index < -0.39 is 14.8 Å². The summed E-state index contributed by atoms with van der Waals surface area (Å²) in [4.78, 5) is 0. The number of hydrogen-bond acceptors (Lipinski definition) is 2. The standard InChI is InChI=1S/C14H21NO2S/c1-5-14(12-9-7-6-8-10-12)11-15(14)18(16,17)13(2,3)4/h6-10H,5,11H2,1-4H3/t14-,15?/m1/s1. The van der Waals surface area contributed by atoms with Crippen LogP contribution in [0.2, 0.25) is 0 Å². The molecule has 1 aliphatic heterocycles. The molecule has 0 radical (unpaired) electrons. The van der Waals surface area contributed by atoms with Crippen molar-refractivity contribution in [2.24, 2.45) is 0 Å². The maximum atomic E-state index is 12.5. The number of benzene rings is 1. The second-order valence-corrected chi connectivity index (χ2v) is 8.49. The summed E-state index contributed by atoms with van der Waals surface area (Å²) < 4.78 is 25.9. The number of sulfonamides is 1. The van der Waals surface area contributed by atoms with E-state index in [0.717, 1.165) is 12.0 Å². The molecule has 3 nitrogen and oxygen atoms in total. The van der Waals surface area contributed by atoms with E-state index in [1.165, 1.54) is 0 Å². The third-order valence-corrected chi connectivity index (χ3v) is 6.35. The Morgan fingerprint density at radius 2 is 1.78 bits per heavy atom. The Morgan fingerprint density at radius 3 is 2.22 bits per heavy atom. The van der Waals surface area contributed by atoms with Gasteiger partial charge < -0.3 is 0 Å². The van der Waals surface area contributed by atoms with Gasteiger partial charge in [-0.3, -0.25) is 0 Å². The molecular weight excluding hydrogens is 246 g/mol. The molecule has 4 heteroatoms. The fourth-order valence-electron chi connectivity index (χ4n) is 2.32. The lowest BCUT2D eigenvalue weighted by Crippen LogP contribution is -2.36. The Balaban J connectivity index is 2.38. The Labute approximate surface area is 110 Å². The highest BCUT2D eigenvalue weighted by Gasteiger charge is 2.60. The SMILES string of the molecule is CC[C@]1(c2ccccc2)CN1S(=O)(=O)C(C)(C)C. The second kappa shape index (κ2) is 4.07. The zero-order chi connectivity index (χ0) is 13.6. The molecule has 0 aromatic heterocycles. The van der Waals surface area contributed by atoms with E-state index in [2.05, 4.69) is 0 Å². The van der Waals surface area contributed by atoms with E-state index in [4.69, 9.17) is 0 Å². The first-order chi connectivity index (χ1) is 8.25. The van der Waals surface area contributed by atoms with Gasteiger partial charge in [0, 0.05) is 6.54 Å². The van der Waals surface area contributed by atoms with Crippen LogP contribution in [0.4, 0.5) is 0 Å². The van der Waals surface area contributed by atoms with E-state index in [1.807, 2.05) is 37.3 Å². The van der Waals surface area contributed by atoms with Crippen molar-refractivity contribution < 1.29 is 8.42 Å². The minimum atomic E-state index is -3.24. The highest BCUT2D eigenvalue weighted by molar-refractivity contribution is 7.90. The average molecular weight is 267 g/mol. The van der Waals surface area contributed by atoms with Crippen LogP contribution in [-0.4, -0.2) is 24.0 Å². The van der Waals surface area contributed by atoms with Crippen molar-refractivity contribution in [3.05, 3.63) is 35.9 Å². The maximum absolute atomic E-state index is 12.5. The van der Waals surface area contributed by atoms with Crippen LogP contribution >= 0.6 is 0 Å². The van der Waals surface area contributed by atoms with Gasteiger partial charge >= 0.3 is 0 Å². The van der Waals surface area contributed by atoms with Crippen LogP contribution in [0.25, 0.3) is 0 Å². The summed E-state index contributed by atoms with van der Waals surface area (Å²) in [6.07, 6.45) is 0.812. The Kier molecular flexibility index (Phi) is 3.06. The third kappa shape index (κ3) is 1.88. The van der Waals surface area contributed by atoms with Crippen LogP contribution in [0.15, 0.2) is 30.3 Å². The van der Waals surface area contributed by atoms with Crippen molar-refractivity contribution >= 4 is 10.0 Å². The van der Waals surface area contributed by atoms with Gasteiger partial charge in [0.2, 0.25) is 10.0 Å². The van der Waals surface area contributed by atoms with Gasteiger partial charge in [-0.2, -0.15) is 4.31 Å². The summed E-state index contributed by atoms with van der Waals surface area (Å²) in [7, 11) is -3.24. The van der Waals surface area contributed by atoms with Crippen LogP contribution in [0, 0.1) is 0 Å². The molecule has 18 heavy (non-hydrogen) atoms. The molecule has 0 amide bonds. The van der Waals surface area contributed by atoms with Crippen molar-refractivity contribution in [1.29, 1.82) is 0 Å². The molecule has 1 aromatic carbocycles. The third-order valence-electron chi connectivity index (χ3n) is 3.74. The van der Waals surface area contributed by atoms with Crippen molar-refractivity contribution in [3.8, 4) is 0 Å². The predicted molar refractivity (Wildman–Crippen MR) is 73.8 cm³/mol. The molecule has 1 aromatic rings. The summed E-state index contributed by atoms with van der Waals surface area (Å²) in [6.45, 7) is 7.92. The second-order valence-electron chi connectivity index (χ2n) is 5.88. The number of nitrogens with zero attached hydrogens (tertiary/aromatic N) is 1. The van der Waals surface area contributed by atoms with Crippen LogP contribution < -0.4 is 0 Å². The quantitative estimate of drug-likeness (QED) is 0.790. The van der Waals surface area contributed by atoms with E-state index in [0.29, 0.717) is 6.54 Å². The predicted octanol–water partition coefficient (Wildman–Crippen LogP) is 2.74. The molecule has 1 saturated heterocycles. The summed E-state index contributed by atoms with van der Waals surface area (Å²) >= 11 is 0. The smallest absolute Gasteiger partial charge is 0.212 e. The highest BCUT2D eigenvalue weighted by atomic mass is 32.2.